The summed E-state index contributed by atoms with van der Waals surface area (Å²) in [6.45, 7) is 6.45. The first kappa shape index (κ1) is 21.0. The lowest BCUT2D eigenvalue weighted by Crippen LogP contribution is -2.59. The van der Waals surface area contributed by atoms with Crippen molar-refractivity contribution in [1.29, 1.82) is 0 Å². The number of hydrogen-bond acceptors (Lipinski definition) is 8. The van der Waals surface area contributed by atoms with E-state index in [1.807, 2.05) is 24.3 Å². The predicted molar refractivity (Wildman–Crippen MR) is 117 cm³/mol. The first-order valence-corrected chi connectivity index (χ1v) is 12.0. The minimum absolute atomic E-state index is 0.0197. The Hall–Kier alpha value is -2.20. The van der Waals surface area contributed by atoms with Crippen molar-refractivity contribution < 1.29 is 17.3 Å². The van der Waals surface area contributed by atoms with Gasteiger partial charge < -0.3 is 10.3 Å². The number of aliphatic imine (C=N–C) groups is 1. The summed E-state index contributed by atoms with van der Waals surface area (Å²) in [5.41, 5.74) is 6.36. The van der Waals surface area contributed by atoms with E-state index in [1.165, 1.54) is 31.7 Å². The lowest BCUT2D eigenvalue weighted by molar-refractivity contribution is 0.326. The van der Waals surface area contributed by atoms with Crippen LogP contribution >= 0.6 is 11.8 Å². The first-order valence-electron chi connectivity index (χ1n) is 9.45. The molecular weight excluding hydrogens is 427 g/mol. The first-order chi connectivity index (χ1) is 13.9. The number of aryl methyl sites for hydroxylation is 1. The van der Waals surface area contributed by atoms with Crippen LogP contribution in [0.5, 0.6) is 0 Å². The molecule has 0 saturated heterocycles. The van der Waals surface area contributed by atoms with Crippen molar-refractivity contribution in [3.8, 4) is 11.5 Å². The molecule has 0 spiro atoms. The number of halogens is 1. The number of allylic oxidation sites excluding steroid dienone is 1. The summed E-state index contributed by atoms with van der Waals surface area (Å²) in [5, 5.41) is 3.09. The summed E-state index contributed by atoms with van der Waals surface area (Å²) < 4.78 is 44.7. The molecule has 160 valence electrons. The number of nitrogens with two attached hydrogens (primary N) is 1. The van der Waals surface area contributed by atoms with E-state index in [0.717, 1.165) is 11.1 Å². The monoisotopic (exact) mass is 450 g/mol. The SMILES string of the molecule is Cc1noc(-c2cccc(C3=CC(F)C([C@]4(C)CS(=O)(=O)C(C)(C)C(N)=N4)S3)c2)n1. The summed E-state index contributed by atoms with van der Waals surface area (Å²) in [5.74, 6) is 0.676. The molecule has 2 N–H and O–H groups in total. The highest BCUT2D eigenvalue weighted by Gasteiger charge is 2.54. The van der Waals surface area contributed by atoms with Crippen LogP contribution in [0.4, 0.5) is 4.39 Å². The van der Waals surface area contributed by atoms with Crippen LogP contribution in [0.25, 0.3) is 16.4 Å². The van der Waals surface area contributed by atoms with Gasteiger partial charge in [0, 0.05) is 10.5 Å². The topological polar surface area (TPSA) is 111 Å². The Kier molecular flexibility index (Phi) is 4.85. The zero-order chi connectivity index (χ0) is 21.9. The molecule has 1 aromatic heterocycles. The lowest BCUT2D eigenvalue weighted by atomic mass is 9.95. The Morgan fingerprint density at radius 3 is 2.60 bits per heavy atom. The Balaban J connectivity index is 1.64. The number of sulfone groups is 1. The van der Waals surface area contributed by atoms with E-state index in [-0.39, 0.29) is 11.6 Å². The molecule has 3 atom stereocenters. The molecule has 4 rings (SSSR count). The van der Waals surface area contributed by atoms with Crippen LogP contribution in [0, 0.1) is 6.92 Å². The summed E-state index contributed by atoms with van der Waals surface area (Å²) in [6, 6.07) is 7.38. The lowest BCUT2D eigenvalue weighted by Gasteiger charge is -2.40. The fourth-order valence-corrected chi connectivity index (χ4v) is 6.83. The number of thioether (sulfide) groups is 1. The highest BCUT2D eigenvalue weighted by molar-refractivity contribution is 8.09. The third-order valence-corrected chi connectivity index (χ3v) is 10.0. The molecule has 30 heavy (non-hydrogen) atoms. The Bertz CT molecular complexity index is 1170. The molecular formula is C20H23FN4O3S2. The van der Waals surface area contributed by atoms with E-state index < -0.39 is 31.5 Å². The van der Waals surface area contributed by atoms with Crippen LogP contribution in [0.1, 0.15) is 32.2 Å². The fourth-order valence-electron chi connectivity index (χ4n) is 3.64. The van der Waals surface area contributed by atoms with Gasteiger partial charge in [-0.05, 0) is 51.5 Å². The highest BCUT2D eigenvalue weighted by Crippen LogP contribution is 2.48. The number of alkyl halides is 1. The number of aromatic nitrogens is 2. The van der Waals surface area contributed by atoms with Crippen LogP contribution in [0.2, 0.25) is 0 Å². The molecule has 0 radical (unpaired) electrons. The number of hydrogen-bond donors (Lipinski definition) is 1. The third-order valence-electron chi connectivity index (χ3n) is 5.64. The fraction of sp³-hybridized carbons (Fsp3) is 0.450. The zero-order valence-corrected chi connectivity index (χ0v) is 18.7. The molecule has 3 heterocycles. The molecule has 7 nitrogen and oxygen atoms in total. The van der Waals surface area contributed by atoms with E-state index in [1.54, 1.807) is 13.8 Å². The maximum absolute atomic E-state index is 15.1. The van der Waals surface area contributed by atoms with Gasteiger partial charge in [-0.15, -0.1) is 11.8 Å². The van der Waals surface area contributed by atoms with Crippen LogP contribution in [0.15, 0.2) is 39.9 Å². The van der Waals surface area contributed by atoms with E-state index in [4.69, 9.17) is 10.3 Å². The van der Waals surface area contributed by atoms with Crippen molar-refractivity contribution in [3.63, 3.8) is 0 Å². The molecule has 2 aliphatic heterocycles. The van der Waals surface area contributed by atoms with E-state index in [0.29, 0.717) is 16.6 Å². The van der Waals surface area contributed by atoms with Crippen LogP contribution in [0.3, 0.4) is 0 Å². The second kappa shape index (κ2) is 6.91. The molecule has 1 aromatic carbocycles. The number of amidine groups is 1. The van der Waals surface area contributed by atoms with Gasteiger partial charge in [0.05, 0.1) is 16.5 Å². The smallest absolute Gasteiger partial charge is 0.257 e. The van der Waals surface area contributed by atoms with Gasteiger partial charge in [0.25, 0.3) is 5.89 Å². The van der Waals surface area contributed by atoms with E-state index in [2.05, 4.69) is 15.1 Å². The molecule has 0 bridgehead atoms. The molecule has 2 aliphatic rings. The average molecular weight is 451 g/mol. The van der Waals surface area contributed by atoms with Gasteiger partial charge in [-0.2, -0.15) is 4.98 Å². The van der Waals surface area contributed by atoms with Crippen molar-refractivity contribution in [2.75, 3.05) is 5.75 Å². The number of benzene rings is 1. The van der Waals surface area contributed by atoms with Crippen molar-refractivity contribution in [3.05, 3.63) is 41.7 Å². The minimum atomic E-state index is -3.59. The highest BCUT2D eigenvalue weighted by atomic mass is 32.2. The molecule has 2 unspecified atom stereocenters. The van der Waals surface area contributed by atoms with Crippen molar-refractivity contribution in [2.45, 2.75) is 49.4 Å². The Morgan fingerprint density at radius 2 is 1.97 bits per heavy atom. The van der Waals surface area contributed by atoms with Crippen LogP contribution in [-0.2, 0) is 9.84 Å². The van der Waals surface area contributed by atoms with Gasteiger partial charge in [0.1, 0.15) is 16.8 Å². The zero-order valence-electron chi connectivity index (χ0n) is 17.1. The Morgan fingerprint density at radius 1 is 1.27 bits per heavy atom. The van der Waals surface area contributed by atoms with Gasteiger partial charge in [-0.25, -0.2) is 12.8 Å². The maximum atomic E-state index is 15.1. The molecule has 2 aromatic rings. The molecule has 0 fully saturated rings. The van der Waals surface area contributed by atoms with Crippen LogP contribution < -0.4 is 5.73 Å². The van der Waals surface area contributed by atoms with Crippen molar-refractivity contribution in [1.82, 2.24) is 10.1 Å². The van der Waals surface area contributed by atoms with Crippen molar-refractivity contribution in [2.24, 2.45) is 10.7 Å². The second-order valence-corrected chi connectivity index (χ2v) is 12.1. The Labute approximate surface area is 179 Å². The quantitative estimate of drug-likeness (QED) is 0.764. The second-order valence-electron chi connectivity index (χ2n) is 8.36. The minimum Gasteiger partial charge on any atom is -0.386 e. The normalized spacial score (nSPS) is 30.0. The largest absolute Gasteiger partial charge is 0.386 e. The van der Waals surface area contributed by atoms with Gasteiger partial charge in [0.2, 0.25) is 0 Å². The molecule has 0 saturated carbocycles. The molecule has 10 heteroatoms. The average Bonchev–Trinajstić information content (AvgIpc) is 3.26. The predicted octanol–water partition coefficient (Wildman–Crippen LogP) is 3.16. The molecule has 0 amide bonds. The summed E-state index contributed by atoms with van der Waals surface area (Å²) in [6.07, 6.45) is 0.147. The van der Waals surface area contributed by atoms with Gasteiger partial charge >= 0.3 is 0 Å². The summed E-state index contributed by atoms with van der Waals surface area (Å²) in [7, 11) is -3.59. The third kappa shape index (κ3) is 3.35. The van der Waals surface area contributed by atoms with E-state index in [9.17, 15) is 8.42 Å². The van der Waals surface area contributed by atoms with Gasteiger partial charge in [0.15, 0.2) is 15.7 Å². The number of rotatable bonds is 3. The van der Waals surface area contributed by atoms with Crippen LogP contribution in [-0.4, -0.2) is 51.9 Å². The van der Waals surface area contributed by atoms with E-state index >= 15 is 4.39 Å². The maximum Gasteiger partial charge on any atom is 0.257 e. The number of nitrogens with zero attached hydrogens (tertiary/aromatic N) is 3. The summed E-state index contributed by atoms with van der Waals surface area (Å²) >= 11 is 1.28. The van der Waals surface area contributed by atoms with Gasteiger partial charge in [-0.3, -0.25) is 4.99 Å². The molecule has 0 aliphatic carbocycles. The van der Waals surface area contributed by atoms with Gasteiger partial charge in [-0.1, -0.05) is 17.3 Å². The van der Waals surface area contributed by atoms with Crippen molar-refractivity contribution >= 4 is 32.3 Å². The summed E-state index contributed by atoms with van der Waals surface area (Å²) in [4.78, 5) is 9.41. The standard InChI is InChI=1S/C20H23FN4O3S2/c1-11-23-17(28-25-11)13-7-5-6-12(8-13)15-9-14(21)16(29-15)20(4)10-30(26,27)19(2,3)18(22)24-20/h5-9,14,16H,10H2,1-4H3,(H2,22,24)/t14?,16?,20-/m0/s1.